The van der Waals surface area contributed by atoms with Crippen molar-refractivity contribution in [3.63, 3.8) is 0 Å². The van der Waals surface area contributed by atoms with Crippen LogP contribution < -0.4 is 5.73 Å². The molecule has 0 aliphatic carbocycles. The van der Waals surface area contributed by atoms with Crippen molar-refractivity contribution in [2.24, 2.45) is 5.73 Å². The van der Waals surface area contributed by atoms with Crippen molar-refractivity contribution in [1.29, 1.82) is 0 Å². The van der Waals surface area contributed by atoms with E-state index in [0.717, 1.165) is 12.8 Å². The van der Waals surface area contributed by atoms with Crippen molar-refractivity contribution < 1.29 is 15.0 Å². The molecule has 1 heterocycles. The van der Waals surface area contributed by atoms with Crippen molar-refractivity contribution in [1.82, 2.24) is 0 Å². The number of carbonyl (C=O) groups is 1. The summed E-state index contributed by atoms with van der Waals surface area (Å²) in [7, 11) is 0. The van der Waals surface area contributed by atoms with Crippen LogP contribution in [-0.4, -0.2) is 24.1 Å². The molecule has 1 atom stereocenters. The molecule has 1 unspecified atom stereocenters. The molecule has 0 bridgehead atoms. The lowest BCUT2D eigenvalue weighted by atomic mass is 10.2. The van der Waals surface area contributed by atoms with Gasteiger partial charge in [0.1, 0.15) is 6.10 Å². The second-order valence-electron chi connectivity index (χ2n) is 1.90. The van der Waals surface area contributed by atoms with E-state index >= 15 is 0 Å². The van der Waals surface area contributed by atoms with Crippen LogP contribution in [0.2, 0.25) is 0 Å². The minimum absolute atomic E-state index is 0. The molecule has 1 amide bonds. The Morgan fingerprint density at radius 1 is 1.67 bits per heavy atom. The second-order valence-corrected chi connectivity index (χ2v) is 1.90. The van der Waals surface area contributed by atoms with Gasteiger partial charge in [-0.05, 0) is 12.8 Å². The molecule has 0 aromatic carbocycles. The number of ether oxygens (including phenoxy) is 1. The zero-order chi connectivity index (χ0) is 5.98. The van der Waals surface area contributed by atoms with E-state index in [1.54, 1.807) is 0 Å². The lowest BCUT2D eigenvalue weighted by Gasteiger charge is -2.00. The minimum Gasteiger partial charge on any atom is -0.412 e. The Hall–Kier alpha value is -0.610. The number of hydrogen-bond donors (Lipinski definition) is 1. The van der Waals surface area contributed by atoms with Crippen molar-refractivity contribution in [2.75, 3.05) is 6.61 Å². The van der Waals surface area contributed by atoms with Gasteiger partial charge in [-0.1, -0.05) is 0 Å². The first-order chi connectivity index (χ1) is 3.80. The van der Waals surface area contributed by atoms with Gasteiger partial charge in [-0.15, -0.1) is 0 Å². The van der Waals surface area contributed by atoms with Crippen LogP contribution in [-0.2, 0) is 9.53 Å². The van der Waals surface area contributed by atoms with Crippen molar-refractivity contribution in [3.8, 4) is 0 Å². The summed E-state index contributed by atoms with van der Waals surface area (Å²) in [6.07, 6.45) is 1.47. The van der Waals surface area contributed by atoms with E-state index in [2.05, 4.69) is 0 Å². The highest BCUT2D eigenvalue weighted by Crippen LogP contribution is 2.10. The van der Waals surface area contributed by atoms with Crippen LogP contribution in [0.15, 0.2) is 0 Å². The van der Waals surface area contributed by atoms with Gasteiger partial charge < -0.3 is 15.9 Å². The Morgan fingerprint density at radius 3 is 2.56 bits per heavy atom. The van der Waals surface area contributed by atoms with Crippen molar-refractivity contribution in [3.05, 3.63) is 0 Å². The lowest BCUT2D eigenvalue weighted by Crippen LogP contribution is -2.27. The van der Waals surface area contributed by atoms with E-state index in [9.17, 15) is 4.79 Å². The minimum atomic E-state index is -0.331. The van der Waals surface area contributed by atoms with E-state index in [1.165, 1.54) is 0 Å². The fourth-order valence-electron chi connectivity index (χ4n) is 0.802. The highest BCUT2D eigenvalue weighted by Gasteiger charge is 2.19. The van der Waals surface area contributed by atoms with Crippen LogP contribution in [0.25, 0.3) is 0 Å². The average molecular weight is 133 g/mol. The van der Waals surface area contributed by atoms with E-state index in [-0.39, 0.29) is 17.5 Å². The molecule has 4 heteroatoms. The molecule has 4 N–H and O–H groups in total. The molecule has 4 nitrogen and oxygen atoms in total. The van der Waals surface area contributed by atoms with Gasteiger partial charge in [-0.25, -0.2) is 0 Å². The van der Waals surface area contributed by atoms with E-state index in [0.29, 0.717) is 6.61 Å². The number of carbonyl (C=O) groups excluding carboxylic acids is 1. The van der Waals surface area contributed by atoms with Gasteiger partial charge in [0.05, 0.1) is 0 Å². The van der Waals surface area contributed by atoms with Crippen molar-refractivity contribution in [2.45, 2.75) is 18.9 Å². The van der Waals surface area contributed by atoms with Gasteiger partial charge in [0.2, 0.25) is 5.91 Å². The monoisotopic (exact) mass is 133 g/mol. The van der Waals surface area contributed by atoms with Gasteiger partial charge >= 0.3 is 0 Å². The van der Waals surface area contributed by atoms with E-state index in [4.69, 9.17) is 10.5 Å². The molecule has 0 saturated carbocycles. The maximum absolute atomic E-state index is 10.3. The lowest BCUT2D eigenvalue weighted by molar-refractivity contribution is -0.126. The summed E-state index contributed by atoms with van der Waals surface area (Å²) in [5.41, 5.74) is 4.93. The normalized spacial score (nSPS) is 25.1. The quantitative estimate of drug-likeness (QED) is 0.488. The Balaban J connectivity index is 0.000000640. The van der Waals surface area contributed by atoms with Gasteiger partial charge in [0.25, 0.3) is 0 Å². The van der Waals surface area contributed by atoms with Crippen LogP contribution in [0.4, 0.5) is 0 Å². The van der Waals surface area contributed by atoms with Crippen LogP contribution in [0.3, 0.4) is 0 Å². The number of rotatable bonds is 1. The molecule has 1 aliphatic rings. The Labute approximate surface area is 53.3 Å². The highest BCUT2D eigenvalue weighted by atomic mass is 16.5. The first-order valence-corrected chi connectivity index (χ1v) is 2.71. The highest BCUT2D eigenvalue weighted by molar-refractivity contribution is 5.78. The molecule has 0 aromatic rings. The zero-order valence-electron chi connectivity index (χ0n) is 5.09. The van der Waals surface area contributed by atoms with Crippen LogP contribution in [0.1, 0.15) is 12.8 Å². The summed E-state index contributed by atoms with van der Waals surface area (Å²) >= 11 is 0. The fourth-order valence-corrected chi connectivity index (χ4v) is 0.802. The van der Waals surface area contributed by atoms with Gasteiger partial charge in [0, 0.05) is 6.61 Å². The predicted molar refractivity (Wildman–Crippen MR) is 31.8 cm³/mol. The standard InChI is InChI=1S/C5H9NO2.H2O/c6-5(7)4-2-1-3-8-4;/h4H,1-3H2,(H2,6,7);1H2. The second kappa shape index (κ2) is 3.42. The molecule has 1 saturated heterocycles. The number of amides is 1. The molecule has 0 radical (unpaired) electrons. The molecule has 0 aromatic heterocycles. The van der Waals surface area contributed by atoms with Gasteiger partial charge in [-0.2, -0.15) is 0 Å². The molecule has 1 rings (SSSR count). The third-order valence-corrected chi connectivity index (χ3v) is 1.25. The summed E-state index contributed by atoms with van der Waals surface area (Å²) in [6.45, 7) is 0.688. The third kappa shape index (κ3) is 1.99. The van der Waals surface area contributed by atoms with E-state index in [1.807, 2.05) is 0 Å². The van der Waals surface area contributed by atoms with Crippen LogP contribution in [0.5, 0.6) is 0 Å². The summed E-state index contributed by atoms with van der Waals surface area (Å²) in [5, 5.41) is 0. The molecule has 9 heavy (non-hydrogen) atoms. The maximum atomic E-state index is 10.3. The largest absolute Gasteiger partial charge is 0.412 e. The molecule has 54 valence electrons. The summed E-state index contributed by atoms with van der Waals surface area (Å²) in [5.74, 6) is -0.331. The SMILES string of the molecule is NC(=O)C1CCCO1.O. The third-order valence-electron chi connectivity index (χ3n) is 1.25. The predicted octanol–water partition coefficient (Wildman–Crippen LogP) is -1.17. The Morgan fingerprint density at radius 2 is 2.33 bits per heavy atom. The number of nitrogens with two attached hydrogens (primary N) is 1. The molecular weight excluding hydrogens is 122 g/mol. The molecule has 0 spiro atoms. The smallest absolute Gasteiger partial charge is 0.246 e. The molecular formula is C5H11NO3. The molecule has 1 fully saturated rings. The summed E-state index contributed by atoms with van der Waals surface area (Å²) < 4.78 is 4.94. The van der Waals surface area contributed by atoms with Crippen LogP contribution >= 0.6 is 0 Å². The van der Waals surface area contributed by atoms with Crippen LogP contribution in [0, 0.1) is 0 Å². The number of primary amides is 1. The zero-order valence-corrected chi connectivity index (χ0v) is 5.09. The Kier molecular flexibility index (Phi) is 3.19. The average Bonchev–Trinajstić information content (AvgIpc) is 2.12. The first-order valence-electron chi connectivity index (χ1n) is 2.71. The number of hydrogen-bond acceptors (Lipinski definition) is 2. The van der Waals surface area contributed by atoms with Gasteiger partial charge in [-0.3, -0.25) is 4.79 Å². The molecule has 1 aliphatic heterocycles. The topological polar surface area (TPSA) is 83.8 Å². The summed E-state index contributed by atoms with van der Waals surface area (Å²) in [6, 6.07) is 0. The van der Waals surface area contributed by atoms with Gasteiger partial charge in [0.15, 0.2) is 0 Å². The Bertz CT molecular complexity index is 98.4. The van der Waals surface area contributed by atoms with E-state index < -0.39 is 0 Å². The fraction of sp³-hybridized carbons (Fsp3) is 0.800. The first kappa shape index (κ1) is 8.39. The van der Waals surface area contributed by atoms with Crippen molar-refractivity contribution >= 4 is 5.91 Å². The summed E-state index contributed by atoms with van der Waals surface area (Å²) in [4.78, 5) is 10.3. The maximum Gasteiger partial charge on any atom is 0.246 e.